The molecule has 0 N–H and O–H groups in total. The second kappa shape index (κ2) is 8.58. The van der Waals surface area contributed by atoms with E-state index in [-0.39, 0.29) is 0 Å². The molecular formula is C23H37BSi. The van der Waals surface area contributed by atoms with Gasteiger partial charge in [0.1, 0.15) is 8.07 Å². The van der Waals surface area contributed by atoms with Crippen LogP contribution in [-0.4, -0.2) is 14.8 Å². The van der Waals surface area contributed by atoms with Crippen LogP contribution < -0.4 is 0 Å². The molecule has 2 heteroatoms. The van der Waals surface area contributed by atoms with Crippen molar-refractivity contribution in [1.82, 2.24) is 0 Å². The van der Waals surface area contributed by atoms with Crippen LogP contribution in [0.5, 0.6) is 0 Å². The normalized spacial score (nSPS) is 17.0. The first-order valence-corrected chi connectivity index (χ1v) is 13.4. The summed E-state index contributed by atoms with van der Waals surface area (Å²) in [6.07, 6.45) is 6.36. The second-order valence-corrected chi connectivity index (χ2v) is 12.9. The van der Waals surface area contributed by atoms with E-state index in [0.29, 0.717) is 0 Å². The van der Waals surface area contributed by atoms with Crippen LogP contribution >= 0.6 is 0 Å². The Morgan fingerprint density at radius 2 is 1.56 bits per heavy atom. The zero-order valence-electron chi connectivity index (χ0n) is 17.6. The van der Waals surface area contributed by atoms with Crippen LogP contribution in [0.15, 0.2) is 46.6 Å². The van der Waals surface area contributed by atoms with E-state index >= 15 is 0 Å². The third kappa shape index (κ3) is 4.05. The summed E-state index contributed by atoms with van der Waals surface area (Å²) in [6, 6.07) is 11.3. The number of hydrogen-bond donors (Lipinski definition) is 0. The van der Waals surface area contributed by atoms with Gasteiger partial charge in [-0.25, -0.2) is 0 Å². The van der Waals surface area contributed by atoms with E-state index in [2.05, 4.69) is 78.0 Å². The van der Waals surface area contributed by atoms with Crippen molar-refractivity contribution in [2.24, 2.45) is 5.92 Å². The third-order valence-electron chi connectivity index (χ3n) is 6.11. The summed E-state index contributed by atoms with van der Waals surface area (Å²) in [6.45, 7) is 17.8. The van der Waals surface area contributed by atoms with Gasteiger partial charge in [0.2, 0.25) is 0 Å². The van der Waals surface area contributed by atoms with Gasteiger partial charge in [0.25, 0.3) is 0 Å². The Labute approximate surface area is 157 Å². The molecule has 0 radical (unpaired) electrons. The van der Waals surface area contributed by atoms with Gasteiger partial charge in [-0.1, -0.05) is 107 Å². The quantitative estimate of drug-likeness (QED) is 0.426. The average molecular weight is 352 g/mol. The molecule has 0 atom stereocenters. The van der Waals surface area contributed by atoms with Crippen LogP contribution in [0.25, 0.3) is 5.20 Å². The minimum atomic E-state index is -1.59. The summed E-state index contributed by atoms with van der Waals surface area (Å²) < 4.78 is 0. The largest absolute Gasteiger partial charge is 0.175 e. The van der Waals surface area contributed by atoms with Crippen molar-refractivity contribution in [3.05, 3.63) is 52.1 Å². The van der Waals surface area contributed by atoms with E-state index < -0.39 is 8.07 Å². The molecule has 0 amide bonds. The molecule has 25 heavy (non-hydrogen) atoms. The molecule has 2 rings (SSSR count). The van der Waals surface area contributed by atoms with E-state index in [1.54, 1.807) is 16.2 Å². The maximum Gasteiger partial charge on any atom is 0.175 e. The molecule has 0 spiro atoms. The first-order valence-electron chi connectivity index (χ1n) is 10.4. The van der Waals surface area contributed by atoms with Gasteiger partial charge in [0.05, 0.1) is 0 Å². The highest BCUT2D eigenvalue weighted by molar-refractivity contribution is 7.03. The molecule has 0 unspecified atom stereocenters. The number of rotatable bonds is 8. The molecule has 0 bridgehead atoms. The Bertz CT molecular complexity index is 633. The van der Waals surface area contributed by atoms with E-state index in [0.717, 1.165) is 12.6 Å². The van der Waals surface area contributed by atoms with Crippen molar-refractivity contribution in [3.8, 4) is 0 Å². The SMILES string of the molecule is CCB(CC)C1=C(CCC(C)C)[Si](C)(C)C(c2ccccc2)=C1CC. The molecule has 1 aromatic rings. The maximum atomic E-state index is 2.61. The Hall–Kier alpha value is -1.02. The van der Waals surface area contributed by atoms with Gasteiger partial charge in [-0.3, -0.25) is 0 Å². The molecule has 0 aromatic heterocycles. The van der Waals surface area contributed by atoms with E-state index in [4.69, 9.17) is 0 Å². The van der Waals surface area contributed by atoms with Crippen LogP contribution in [0.1, 0.15) is 59.4 Å². The molecule has 1 heterocycles. The van der Waals surface area contributed by atoms with Gasteiger partial charge < -0.3 is 0 Å². The monoisotopic (exact) mass is 352 g/mol. The molecule has 0 saturated carbocycles. The molecule has 1 aromatic carbocycles. The predicted molar refractivity (Wildman–Crippen MR) is 119 cm³/mol. The lowest BCUT2D eigenvalue weighted by Crippen LogP contribution is -2.30. The smallest absolute Gasteiger partial charge is 0.0812 e. The standard InChI is InChI=1S/C23H37BSi/c1-8-20-22(24(9-2)10-3)21(17-16-18(4)5)25(6,7)23(20)19-14-12-11-13-15-19/h11-15,18H,8-10,16-17H2,1-7H3. The van der Waals surface area contributed by atoms with Crippen molar-refractivity contribution in [3.63, 3.8) is 0 Å². The number of benzene rings is 1. The maximum absolute atomic E-state index is 2.61. The number of hydrogen-bond acceptors (Lipinski definition) is 0. The van der Waals surface area contributed by atoms with Crippen LogP contribution in [0.4, 0.5) is 0 Å². The third-order valence-corrected chi connectivity index (χ3v) is 9.98. The Kier molecular flexibility index (Phi) is 6.96. The molecule has 0 aliphatic carbocycles. The summed E-state index contributed by atoms with van der Waals surface area (Å²) in [5.74, 6) is 0.783. The van der Waals surface area contributed by atoms with Crippen LogP contribution in [0, 0.1) is 5.92 Å². The summed E-state index contributed by atoms with van der Waals surface area (Å²) >= 11 is 0. The highest BCUT2D eigenvalue weighted by Gasteiger charge is 2.42. The van der Waals surface area contributed by atoms with Gasteiger partial charge in [0.15, 0.2) is 6.71 Å². The molecule has 0 fully saturated rings. The second-order valence-electron chi connectivity index (χ2n) is 8.54. The van der Waals surface area contributed by atoms with E-state index in [9.17, 15) is 0 Å². The highest BCUT2D eigenvalue weighted by Crippen LogP contribution is 2.48. The minimum Gasteiger partial charge on any atom is -0.0812 e. The summed E-state index contributed by atoms with van der Waals surface area (Å²) in [5.41, 5.74) is 4.97. The minimum absolute atomic E-state index is 0.741. The van der Waals surface area contributed by atoms with E-state index in [1.165, 1.54) is 37.5 Å². The molecule has 0 nitrogen and oxygen atoms in total. The van der Waals surface area contributed by atoms with Crippen molar-refractivity contribution < 1.29 is 0 Å². The Balaban J connectivity index is 2.64. The Morgan fingerprint density at radius 1 is 0.960 bits per heavy atom. The topological polar surface area (TPSA) is 0 Å². The van der Waals surface area contributed by atoms with Crippen LogP contribution in [0.2, 0.25) is 25.7 Å². The lowest BCUT2D eigenvalue weighted by Gasteiger charge is -2.27. The fourth-order valence-corrected chi connectivity index (χ4v) is 8.81. The van der Waals surface area contributed by atoms with Crippen LogP contribution in [0.3, 0.4) is 0 Å². The zero-order valence-corrected chi connectivity index (χ0v) is 18.6. The van der Waals surface area contributed by atoms with Gasteiger partial charge >= 0.3 is 0 Å². The average Bonchev–Trinajstić information content (AvgIpc) is 2.81. The first-order chi connectivity index (χ1) is 11.9. The van der Waals surface area contributed by atoms with Crippen LogP contribution in [-0.2, 0) is 0 Å². The molecular weight excluding hydrogens is 315 g/mol. The van der Waals surface area contributed by atoms with Gasteiger partial charge in [-0.2, -0.15) is 0 Å². The highest BCUT2D eigenvalue weighted by atomic mass is 28.3. The zero-order chi connectivity index (χ0) is 18.6. The Morgan fingerprint density at radius 3 is 2.04 bits per heavy atom. The molecule has 136 valence electrons. The van der Waals surface area contributed by atoms with E-state index in [1.807, 2.05) is 5.20 Å². The van der Waals surface area contributed by atoms with Crippen molar-refractivity contribution in [2.75, 3.05) is 0 Å². The first kappa shape index (κ1) is 20.3. The summed E-state index contributed by atoms with van der Waals surface area (Å²) in [5, 5.41) is 3.60. The summed E-state index contributed by atoms with van der Waals surface area (Å²) in [7, 11) is -1.59. The van der Waals surface area contributed by atoms with Gasteiger partial charge in [-0.05, 0) is 35.9 Å². The van der Waals surface area contributed by atoms with Crippen molar-refractivity contribution in [1.29, 1.82) is 0 Å². The lowest BCUT2D eigenvalue weighted by molar-refractivity contribution is 0.590. The molecule has 1 aliphatic heterocycles. The van der Waals surface area contributed by atoms with Gasteiger partial charge in [-0.15, -0.1) is 0 Å². The van der Waals surface area contributed by atoms with Crippen molar-refractivity contribution in [2.45, 2.75) is 79.6 Å². The lowest BCUT2D eigenvalue weighted by atomic mass is 9.39. The number of allylic oxidation sites excluding steroid dienone is 3. The van der Waals surface area contributed by atoms with Crippen molar-refractivity contribution >= 4 is 20.0 Å². The summed E-state index contributed by atoms with van der Waals surface area (Å²) in [4.78, 5) is 0. The molecule has 1 aliphatic rings. The molecule has 0 saturated heterocycles. The van der Waals surface area contributed by atoms with Gasteiger partial charge in [0, 0.05) is 0 Å². The fraction of sp³-hybridized carbons (Fsp3) is 0.565. The fourth-order valence-electron chi connectivity index (χ4n) is 4.76. The predicted octanol–water partition coefficient (Wildman–Crippen LogP) is 7.46.